The van der Waals surface area contributed by atoms with Crippen molar-refractivity contribution < 1.29 is 0 Å². The first-order valence-electron chi connectivity index (χ1n) is 6.56. The van der Waals surface area contributed by atoms with Gasteiger partial charge in [-0.2, -0.15) is 4.68 Å². The highest BCUT2D eigenvalue weighted by atomic mass is 79.9. The SMILES string of the molecule is Cc1ccc2c(n1)sc1c(=O)n(-c3ccccc3Br)nnc12. The fraction of sp³-hybridized carbons (Fsp3) is 0.0667. The van der Waals surface area contributed by atoms with Crippen LogP contribution in [-0.4, -0.2) is 20.0 Å². The minimum absolute atomic E-state index is 0.183. The number of benzene rings is 1. The van der Waals surface area contributed by atoms with E-state index >= 15 is 0 Å². The van der Waals surface area contributed by atoms with E-state index in [0.29, 0.717) is 15.9 Å². The summed E-state index contributed by atoms with van der Waals surface area (Å²) in [6.07, 6.45) is 0. The molecule has 0 fully saturated rings. The summed E-state index contributed by atoms with van der Waals surface area (Å²) in [6.45, 7) is 1.93. The van der Waals surface area contributed by atoms with E-state index in [2.05, 4.69) is 31.2 Å². The second kappa shape index (κ2) is 4.96. The van der Waals surface area contributed by atoms with Crippen molar-refractivity contribution in [1.29, 1.82) is 0 Å². The molecule has 3 aromatic heterocycles. The quantitative estimate of drug-likeness (QED) is 0.513. The van der Waals surface area contributed by atoms with E-state index in [4.69, 9.17) is 0 Å². The Morgan fingerprint density at radius 3 is 2.82 bits per heavy atom. The molecule has 0 saturated heterocycles. The predicted molar refractivity (Wildman–Crippen MR) is 90.8 cm³/mol. The van der Waals surface area contributed by atoms with Gasteiger partial charge in [0.05, 0.1) is 5.69 Å². The molecule has 0 spiro atoms. The lowest BCUT2D eigenvalue weighted by molar-refractivity contribution is 0.738. The lowest BCUT2D eigenvalue weighted by atomic mass is 10.3. The molecule has 0 amide bonds. The molecule has 22 heavy (non-hydrogen) atoms. The minimum atomic E-state index is -0.183. The molecule has 0 radical (unpaired) electrons. The molecule has 4 rings (SSSR count). The van der Waals surface area contributed by atoms with E-state index in [0.717, 1.165) is 20.4 Å². The molecule has 4 aromatic rings. The molecule has 0 bridgehead atoms. The maximum absolute atomic E-state index is 12.8. The van der Waals surface area contributed by atoms with Crippen LogP contribution in [0.5, 0.6) is 0 Å². The van der Waals surface area contributed by atoms with Crippen LogP contribution < -0.4 is 5.56 Å². The van der Waals surface area contributed by atoms with Crippen LogP contribution in [0.4, 0.5) is 0 Å². The largest absolute Gasteiger partial charge is 0.292 e. The Labute approximate surface area is 137 Å². The number of para-hydroxylation sites is 1. The van der Waals surface area contributed by atoms with E-state index in [1.54, 1.807) is 0 Å². The molecule has 108 valence electrons. The normalized spacial score (nSPS) is 11.4. The molecule has 0 unspecified atom stereocenters. The van der Waals surface area contributed by atoms with Crippen molar-refractivity contribution in [2.24, 2.45) is 0 Å². The Kier molecular flexibility index (Phi) is 3.05. The summed E-state index contributed by atoms with van der Waals surface area (Å²) in [4.78, 5) is 18.0. The van der Waals surface area contributed by atoms with Crippen LogP contribution in [-0.2, 0) is 0 Å². The van der Waals surface area contributed by atoms with Gasteiger partial charge in [-0.05, 0) is 47.1 Å². The molecule has 0 aliphatic heterocycles. The fourth-order valence-corrected chi connectivity index (χ4v) is 3.84. The topological polar surface area (TPSA) is 60.7 Å². The highest BCUT2D eigenvalue weighted by Crippen LogP contribution is 2.29. The maximum Gasteiger partial charge on any atom is 0.292 e. The molecule has 0 atom stereocenters. The summed E-state index contributed by atoms with van der Waals surface area (Å²) in [5, 5.41) is 9.20. The van der Waals surface area contributed by atoms with Gasteiger partial charge in [-0.15, -0.1) is 16.4 Å². The van der Waals surface area contributed by atoms with Crippen LogP contribution in [0.25, 0.3) is 26.1 Å². The molecular weight excluding hydrogens is 364 g/mol. The number of thiophene rings is 1. The number of fused-ring (bicyclic) bond motifs is 3. The number of nitrogens with zero attached hydrogens (tertiary/aromatic N) is 4. The summed E-state index contributed by atoms with van der Waals surface area (Å²) in [6, 6.07) is 11.3. The zero-order chi connectivity index (χ0) is 15.3. The summed E-state index contributed by atoms with van der Waals surface area (Å²) < 4.78 is 2.67. The second-order valence-corrected chi connectivity index (χ2v) is 6.70. The zero-order valence-corrected chi connectivity index (χ0v) is 13.8. The van der Waals surface area contributed by atoms with E-state index in [9.17, 15) is 4.79 Å². The molecule has 0 N–H and O–H groups in total. The van der Waals surface area contributed by atoms with Gasteiger partial charge in [-0.1, -0.05) is 17.3 Å². The van der Waals surface area contributed by atoms with Crippen LogP contribution in [0.1, 0.15) is 5.69 Å². The monoisotopic (exact) mass is 372 g/mol. The van der Waals surface area contributed by atoms with Crippen LogP contribution >= 0.6 is 27.3 Å². The first-order chi connectivity index (χ1) is 10.6. The molecule has 7 heteroatoms. The van der Waals surface area contributed by atoms with Gasteiger partial charge in [-0.3, -0.25) is 4.79 Å². The van der Waals surface area contributed by atoms with Crippen molar-refractivity contribution in [3.63, 3.8) is 0 Å². The van der Waals surface area contributed by atoms with E-state index < -0.39 is 0 Å². The van der Waals surface area contributed by atoms with Crippen molar-refractivity contribution in [2.45, 2.75) is 6.92 Å². The third-order valence-corrected chi connectivity index (χ3v) is 5.12. The third kappa shape index (κ3) is 1.97. The molecule has 3 heterocycles. The number of halogens is 1. The predicted octanol–water partition coefficient (Wildman–Crippen LogP) is 3.46. The van der Waals surface area contributed by atoms with Crippen molar-refractivity contribution >= 4 is 47.7 Å². The van der Waals surface area contributed by atoms with Crippen molar-refractivity contribution in [2.75, 3.05) is 0 Å². The first-order valence-corrected chi connectivity index (χ1v) is 8.17. The van der Waals surface area contributed by atoms with Gasteiger partial charge >= 0.3 is 0 Å². The van der Waals surface area contributed by atoms with Gasteiger partial charge in [0.1, 0.15) is 15.0 Å². The Morgan fingerprint density at radius 2 is 2.00 bits per heavy atom. The molecule has 5 nitrogen and oxygen atoms in total. The number of hydrogen-bond donors (Lipinski definition) is 0. The van der Waals surface area contributed by atoms with Gasteiger partial charge in [0.15, 0.2) is 0 Å². The Bertz CT molecular complexity index is 1090. The summed E-state index contributed by atoms with van der Waals surface area (Å²) in [7, 11) is 0. The number of rotatable bonds is 1. The highest BCUT2D eigenvalue weighted by Gasteiger charge is 2.15. The van der Waals surface area contributed by atoms with Gasteiger partial charge in [0.2, 0.25) is 0 Å². The first kappa shape index (κ1) is 13.5. The van der Waals surface area contributed by atoms with Crippen molar-refractivity contribution in [3.05, 3.63) is 56.9 Å². The number of hydrogen-bond acceptors (Lipinski definition) is 5. The van der Waals surface area contributed by atoms with Crippen LogP contribution in [0.15, 0.2) is 45.7 Å². The summed E-state index contributed by atoms with van der Waals surface area (Å²) in [5.74, 6) is 0. The Balaban J connectivity index is 2.08. The molecule has 0 saturated carbocycles. The molecule has 0 aliphatic rings. The van der Waals surface area contributed by atoms with Crippen LogP contribution in [0.3, 0.4) is 0 Å². The van der Waals surface area contributed by atoms with Crippen molar-refractivity contribution in [3.8, 4) is 5.69 Å². The summed E-state index contributed by atoms with van der Waals surface area (Å²) in [5.41, 5.74) is 2.01. The average molecular weight is 373 g/mol. The Morgan fingerprint density at radius 1 is 1.18 bits per heavy atom. The van der Waals surface area contributed by atoms with Gasteiger partial charge in [0, 0.05) is 15.6 Å². The molecule has 0 aliphatic carbocycles. The zero-order valence-electron chi connectivity index (χ0n) is 11.4. The molecule has 1 aromatic carbocycles. The second-order valence-electron chi connectivity index (χ2n) is 4.84. The lowest BCUT2D eigenvalue weighted by Crippen LogP contribution is -2.21. The molecular formula is C15H9BrN4OS. The van der Waals surface area contributed by atoms with Gasteiger partial charge in [0.25, 0.3) is 5.56 Å². The van der Waals surface area contributed by atoms with Crippen molar-refractivity contribution in [1.82, 2.24) is 20.0 Å². The number of pyridine rings is 1. The van der Waals surface area contributed by atoms with E-state index in [1.807, 2.05) is 43.3 Å². The highest BCUT2D eigenvalue weighted by molar-refractivity contribution is 9.10. The van der Waals surface area contributed by atoms with Gasteiger partial charge in [-0.25, -0.2) is 4.98 Å². The van der Waals surface area contributed by atoms with E-state index in [1.165, 1.54) is 16.0 Å². The smallest absolute Gasteiger partial charge is 0.266 e. The number of aromatic nitrogens is 4. The Hall–Kier alpha value is -2.12. The van der Waals surface area contributed by atoms with Crippen LogP contribution in [0, 0.1) is 6.92 Å². The summed E-state index contributed by atoms with van der Waals surface area (Å²) >= 11 is 4.79. The average Bonchev–Trinajstić information content (AvgIpc) is 2.87. The lowest BCUT2D eigenvalue weighted by Gasteiger charge is -2.04. The maximum atomic E-state index is 12.8. The standard InChI is InChI=1S/C15H9BrN4OS/c1-8-6-7-9-12-13(22-14(9)17-8)15(21)20(19-18-12)11-5-3-2-4-10(11)16/h2-7H,1H3. The number of aryl methyl sites for hydroxylation is 1. The van der Waals surface area contributed by atoms with Crippen LogP contribution in [0.2, 0.25) is 0 Å². The fourth-order valence-electron chi connectivity index (χ4n) is 2.31. The van der Waals surface area contributed by atoms with E-state index in [-0.39, 0.29) is 5.56 Å². The minimum Gasteiger partial charge on any atom is -0.266 e. The third-order valence-electron chi connectivity index (χ3n) is 3.37. The van der Waals surface area contributed by atoms with Gasteiger partial charge < -0.3 is 0 Å².